The molecule has 30 heavy (non-hydrogen) atoms. The fourth-order valence-corrected chi connectivity index (χ4v) is 5.98. The van der Waals surface area contributed by atoms with Crippen LogP contribution in [0.2, 0.25) is 5.02 Å². The first-order chi connectivity index (χ1) is 14.4. The molecule has 1 amide bonds. The van der Waals surface area contributed by atoms with E-state index in [-0.39, 0.29) is 15.5 Å². The second kappa shape index (κ2) is 8.50. The average Bonchev–Trinajstić information content (AvgIpc) is 3.15. The third kappa shape index (κ3) is 4.15. The maximum atomic E-state index is 12.9. The summed E-state index contributed by atoms with van der Waals surface area (Å²) in [4.78, 5) is 17.3. The van der Waals surface area contributed by atoms with Gasteiger partial charge in [0.15, 0.2) is 5.13 Å². The van der Waals surface area contributed by atoms with Crippen LogP contribution in [0.15, 0.2) is 41.3 Å². The number of sulfonamides is 1. The topological polar surface area (TPSA) is 88.6 Å². The smallest absolute Gasteiger partial charge is 0.259 e. The molecule has 0 aliphatic carbocycles. The summed E-state index contributed by atoms with van der Waals surface area (Å²) in [6.45, 7) is 0.976. The van der Waals surface area contributed by atoms with Gasteiger partial charge in [0.2, 0.25) is 10.0 Å². The van der Waals surface area contributed by atoms with E-state index in [0.717, 1.165) is 29.5 Å². The lowest BCUT2D eigenvalue weighted by atomic mass is 10.2. The summed E-state index contributed by atoms with van der Waals surface area (Å²) >= 11 is 7.50. The van der Waals surface area contributed by atoms with Gasteiger partial charge in [-0.25, -0.2) is 13.4 Å². The van der Waals surface area contributed by atoms with Crippen LogP contribution < -0.4 is 10.1 Å². The van der Waals surface area contributed by atoms with Gasteiger partial charge in [-0.3, -0.25) is 10.1 Å². The quantitative estimate of drug-likeness (QED) is 0.603. The summed E-state index contributed by atoms with van der Waals surface area (Å²) in [6.07, 6.45) is 2.69. The molecule has 0 radical (unpaired) electrons. The number of anilines is 1. The number of amides is 1. The first-order valence-corrected chi connectivity index (χ1v) is 12.1. The van der Waals surface area contributed by atoms with Gasteiger partial charge in [-0.05, 0) is 49.2 Å². The summed E-state index contributed by atoms with van der Waals surface area (Å²) in [7, 11) is -2.09. The number of halogens is 1. The molecule has 158 valence electrons. The van der Waals surface area contributed by atoms with Gasteiger partial charge in [0.25, 0.3) is 5.91 Å². The van der Waals surface area contributed by atoms with Crippen LogP contribution in [0.4, 0.5) is 5.13 Å². The molecule has 0 bridgehead atoms. The van der Waals surface area contributed by atoms with Crippen LogP contribution in [0.1, 0.15) is 29.6 Å². The number of benzene rings is 2. The van der Waals surface area contributed by atoms with Gasteiger partial charge in [-0.2, -0.15) is 4.31 Å². The normalized spacial score (nSPS) is 15.3. The molecule has 7 nitrogen and oxygen atoms in total. The summed E-state index contributed by atoms with van der Waals surface area (Å²) in [5.41, 5.74) is 0.815. The SMILES string of the molecule is COc1ccc2nc(NC(=O)c3cc(S(=O)(=O)N4CCCCC4)ccc3Cl)sc2c1. The van der Waals surface area contributed by atoms with Crippen molar-refractivity contribution >= 4 is 54.2 Å². The summed E-state index contributed by atoms with van der Waals surface area (Å²) in [5, 5.41) is 3.29. The molecule has 1 aliphatic heterocycles. The minimum Gasteiger partial charge on any atom is -0.497 e. The average molecular weight is 466 g/mol. The molecule has 4 rings (SSSR count). The first kappa shape index (κ1) is 21.0. The molecule has 1 N–H and O–H groups in total. The van der Waals surface area contributed by atoms with Gasteiger partial charge in [0, 0.05) is 13.1 Å². The van der Waals surface area contributed by atoms with Crippen LogP contribution in [0.25, 0.3) is 10.2 Å². The third-order valence-electron chi connectivity index (χ3n) is 4.95. The number of aromatic nitrogens is 1. The van der Waals surface area contributed by atoms with Gasteiger partial charge in [0.05, 0.1) is 32.8 Å². The van der Waals surface area contributed by atoms with Gasteiger partial charge in [-0.1, -0.05) is 29.4 Å². The Bertz CT molecular complexity index is 1200. The molecule has 0 atom stereocenters. The Morgan fingerprint density at radius 2 is 1.93 bits per heavy atom. The van der Waals surface area contributed by atoms with Crippen molar-refractivity contribution in [1.29, 1.82) is 0 Å². The molecule has 1 aromatic heterocycles. The highest BCUT2D eigenvalue weighted by Crippen LogP contribution is 2.30. The Morgan fingerprint density at radius 3 is 2.67 bits per heavy atom. The zero-order chi connectivity index (χ0) is 21.3. The molecule has 2 aromatic carbocycles. The number of methoxy groups -OCH3 is 1. The van der Waals surface area contributed by atoms with Crippen LogP contribution in [0.3, 0.4) is 0 Å². The molecule has 0 unspecified atom stereocenters. The number of fused-ring (bicyclic) bond motifs is 1. The van der Waals surface area contributed by atoms with E-state index in [0.29, 0.717) is 24.0 Å². The second-order valence-electron chi connectivity index (χ2n) is 6.91. The van der Waals surface area contributed by atoms with E-state index in [2.05, 4.69) is 10.3 Å². The number of ether oxygens (including phenoxy) is 1. The number of carbonyl (C=O) groups excluding carboxylic acids is 1. The number of rotatable bonds is 5. The molecule has 1 saturated heterocycles. The van der Waals surface area contributed by atoms with E-state index in [1.807, 2.05) is 6.07 Å². The minimum atomic E-state index is -3.67. The van der Waals surface area contributed by atoms with Gasteiger partial charge >= 0.3 is 0 Å². The van der Waals surface area contributed by atoms with E-state index >= 15 is 0 Å². The number of piperidine rings is 1. The van der Waals surface area contributed by atoms with E-state index in [1.165, 1.54) is 33.8 Å². The van der Waals surface area contributed by atoms with E-state index in [4.69, 9.17) is 16.3 Å². The molecular weight excluding hydrogens is 446 g/mol. The lowest BCUT2D eigenvalue weighted by Gasteiger charge is -2.26. The van der Waals surface area contributed by atoms with Crippen LogP contribution >= 0.6 is 22.9 Å². The highest BCUT2D eigenvalue weighted by molar-refractivity contribution is 7.89. The van der Waals surface area contributed by atoms with Crippen molar-refractivity contribution < 1.29 is 17.9 Å². The Kier molecular flexibility index (Phi) is 5.97. The number of hydrogen-bond donors (Lipinski definition) is 1. The molecule has 1 aliphatic rings. The fraction of sp³-hybridized carbons (Fsp3) is 0.300. The number of nitrogens with one attached hydrogen (secondary N) is 1. The Hall–Kier alpha value is -2.20. The highest BCUT2D eigenvalue weighted by atomic mass is 35.5. The summed E-state index contributed by atoms with van der Waals surface area (Å²) in [5.74, 6) is 0.185. The van der Waals surface area contributed by atoms with E-state index < -0.39 is 15.9 Å². The molecule has 3 aromatic rings. The van der Waals surface area contributed by atoms with Crippen molar-refractivity contribution in [2.24, 2.45) is 0 Å². The summed E-state index contributed by atoms with van der Waals surface area (Å²) < 4.78 is 33.4. The van der Waals surface area contributed by atoms with Crippen molar-refractivity contribution in [1.82, 2.24) is 9.29 Å². The molecule has 0 saturated carbocycles. The molecule has 10 heteroatoms. The zero-order valence-corrected chi connectivity index (χ0v) is 18.6. The predicted molar refractivity (Wildman–Crippen MR) is 118 cm³/mol. The van der Waals surface area contributed by atoms with Crippen LogP contribution in [0.5, 0.6) is 5.75 Å². The number of nitrogens with zero attached hydrogens (tertiary/aromatic N) is 2. The Morgan fingerprint density at radius 1 is 1.17 bits per heavy atom. The number of thiazole rings is 1. The lowest BCUT2D eigenvalue weighted by molar-refractivity contribution is 0.102. The predicted octanol–water partition coefficient (Wildman–Crippen LogP) is 4.39. The van der Waals surface area contributed by atoms with Gasteiger partial charge in [-0.15, -0.1) is 0 Å². The highest BCUT2D eigenvalue weighted by Gasteiger charge is 2.27. The van der Waals surface area contributed by atoms with Crippen molar-refractivity contribution in [3.63, 3.8) is 0 Å². The monoisotopic (exact) mass is 465 g/mol. The second-order valence-corrected chi connectivity index (χ2v) is 10.3. The maximum absolute atomic E-state index is 12.9. The molecule has 2 heterocycles. The van der Waals surface area contributed by atoms with Crippen molar-refractivity contribution in [2.75, 3.05) is 25.5 Å². The lowest BCUT2D eigenvalue weighted by Crippen LogP contribution is -2.35. The largest absolute Gasteiger partial charge is 0.497 e. The Balaban J connectivity index is 1.60. The minimum absolute atomic E-state index is 0.0630. The number of carbonyl (C=O) groups is 1. The van der Waals surface area contributed by atoms with Gasteiger partial charge in [0.1, 0.15) is 5.75 Å². The van der Waals surface area contributed by atoms with Crippen molar-refractivity contribution in [2.45, 2.75) is 24.2 Å². The first-order valence-electron chi connectivity index (χ1n) is 9.44. The van der Waals surface area contributed by atoms with E-state index in [1.54, 1.807) is 19.2 Å². The van der Waals surface area contributed by atoms with Crippen LogP contribution in [-0.2, 0) is 10.0 Å². The summed E-state index contributed by atoms with van der Waals surface area (Å²) in [6, 6.07) is 9.64. The zero-order valence-electron chi connectivity index (χ0n) is 16.2. The van der Waals surface area contributed by atoms with Crippen molar-refractivity contribution in [3.8, 4) is 5.75 Å². The molecular formula is C20H20ClN3O4S2. The standard InChI is InChI=1S/C20H20ClN3O4S2/c1-28-13-5-8-17-18(11-13)29-20(22-17)23-19(25)15-12-14(6-7-16(15)21)30(26,27)24-9-3-2-4-10-24/h5-8,11-12H,2-4,9-10H2,1H3,(H,22,23,25). The fourth-order valence-electron chi connectivity index (χ4n) is 3.34. The van der Waals surface area contributed by atoms with Crippen LogP contribution in [0, 0.1) is 0 Å². The van der Waals surface area contributed by atoms with Gasteiger partial charge < -0.3 is 4.74 Å². The maximum Gasteiger partial charge on any atom is 0.259 e. The molecule has 0 spiro atoms. The number of hydrogen-bond acceptors (Lipinski definition) is 6. The van der Waals surface area contributed by atoms with Crippen molar-refractivity contribution in [3.05, 3.63) is 47.0 Å². The third-order valence-corrected chi connectivity index (χ3v) is 8.11. The van der Waals surface area contributed by atoms with Crippen LogP contribution in [-0.4, -0.2) is 43.8 Å². The molecule has 1 fully saturated rings. The Labute approximate surface area is 183 Å². The van der Waals surface area contributed by atoms with E-state index in [9.17, 15) is 13.2 Å².